The molecule has 0 fully saturated rings. The molecule has 0 radical (unpaired) electrons. The average Bonchev–Trinajstić information content (AvgIpc) is 1.98. The fourth-order valence-electron chi connectivity index (χ4n) is 0.304. The van der Waals surface area contributed by atoms with Gasteiger partial charge in [-0.25, -0.2) is 8.60 Å². The smallest absolute Gasteiger partial charge is 0.248 e. The van der Waals surface area contributed by atoms with Gasteiger partial charge in [0.15, 0.2) is 5.83 Å². The Labute approximate surface area is 46.8 Å². The molecule has 5 heteroatoms. The summed E-state index contributed by atoms with van der Waals surface area (Å²) in [5, 5.41) is -1.29. The van der Waals surface area contributed by atoms with Gasteiger partial charge >= 0.3 is 0 Å². The van der Waals surface area contributed by atoms with E-state index in [1.807, 2.05) is 0 Å². The Morgan fingerprint density at radius 3 is 2.38 bits per heavy atom. The molecule has 0 aliphatic carbocycles. The Morgan fingerprint density at radius 1 is 1.62 bits per heavy atom. The van der Waals surface area contributed by atoms with Gasteiger partial charge in [-0.2, -0.15) is 4.39 Å². The van der Waals surface area contributed by atoms with E-state index in [9.17, 15) is 13.0 Å². The zero-order valence-electron chi connectivity index (χ0n) is 3.69. The molecule has 1 atom stereocenters. The Hall–Kier alpha value is -0.290. The van der Waals surface area contributed by atoms with Gasteiger partial charge in [0.25, 0.3) is 0 Å². The second-order valence-electron chi connectivity index (χ2n) is 1.18. The van der Waals surface area contributed by atoms with E-state index in [1.165, 1.54) is 0 Å². The molecule has 0 saturated heterocycles. The second-order valence-corrected chi connectivity index (χ2v) is 2.24. The predicted molar refractivity (Wildman–Crippen MR) is 23.3 cm³/mol. The van der Waals surface area contributed by atoms with Gasteiger partial charge in [0, 0.05) is 0 Å². The summed E-state index contributed by atoms with van der Waals surface area (Å²) in [6.45, 7) is -0.502. The van der Waals surface area contributed by atoms with Crippen molar-refractivity contribution in [3.8, 4) is 0 Å². The van der Waals surface area contributed by atoms with Crippen LogP contribution in [0.4, 0.5) is 8.78 Å². The fraction of sp³-hybridized carbons (Fsp3) is 0.333. The fourth-order valence-corrected chi connectivity index (χ4v) is 0.858. The summed E-state index contributed by atoms with van der Waals surface area (Å²) in [6, 6.07) is 0. The first-order valence-corrected chi connectivity index (χ1v) is 2.88. The normalized spacial score (nSPS) is 29.5. The molecular formula is C3H2F2O2S. The van der Waals surface area contributed by atoms with Gasteiger partial charge in [0.1, 0.15) is 6.61 Å². The number of halogens is 2. The summed E-state index contributed by atoms with van der Waals surface area (Å²) >= 11 is -2.16. The van der Waals surface area contributed by atoms with Crippen LogP contribution in [0.1, 0.15) is 0 Å². The van der Waals surface area contributed by atoms with Crippen LogP contribution in [-0.4, -0.2) is 10.8 Å². The molecule has 1 aliphatic rings. The van der Waals surface area contributed by atoms with Crippen molar-refractivity contribution < 1.29 is 17.2 Å². The molecule has 0 aromatic carbocycles. The lowest BCUT2D eigenvalue weighted by Gasteiger charge is -1.80. The van der Waals surface area contributed by atoms with E-state index in [1.54, 1.807) is 0 Å². The lowest BCUT2D eigenvalue weighted by molar-refractivity contribution is 0.366. The minimum Gasteiger partial charge on any atom is -0.277 e. The van der Waals surface area contributed by atoms with Crippen LogP contribution in [0.3, 0.4) is 0 Å². The van der Waals surface area contributed by atoms with Crippen LogP contribution in [0.25, 0.3) is 0 Å². The third-order valence-electron chi connectivity index (χ3n) is 0.652. The van der Waals surface area contributed by atoms with Crippen LogP contribution in [-0.2, 0) is 15.3 Å². The Bertz CT molecular complexity index is 165. The van der Waals surface area contributed by atoms with Gasteiger partial charge < -0.3 is 0 Å². The molecule has 1 unspecified atom stereocenters. The van der Waals surface area contributed by atoms with Crippen molar-refractivity contribution >= 4 is 11.1 Å². The first kappa shape index (κ1) is 5.84. The lowest BCUT2D eigenvalue weighted by atomic mass is 10.6. The molecule has 1 heterocycles. The summed E-state index contributed by atoms with van der Waals surface area (Å²) in [4.78, 5) is 0. The van der Waals surface area contributed by atoms with Crippen molar-refractivity contribution in [1.82, 2.24) is 0 Å². The quantitative estimate of drug-likeness (QED) is 0.497. The van der Waals surface area contributed by atoms with Crippen molar-refractivity contribution in [1.29, 1.82) is 0 Å². The largest absolute Gasteiger partial charge is 0.277 e. The van der Waals surface area contributed by atoms with E-state index >= 15 is 0 Å². The van der Waals surface area contributed by atoms with Gasteiger partial charge in [0.05, 0.1) is 0 Å². The average molecular weight is 140 g/mol. The van der Waals surface area contributed by atoms with E-state index in [0.717, 1.165) is 0 Å². The molecule has 2 nitrogen and oxygen atoms in total. The number of hydrogen-bond acceptors (Lipinski definition) is 2. The van der Waals surface area contributed by atoms with Gasteiger partial charge in [0.2, 0.25) is 16.2 Å². The van der Waals surface area contributed by atoms with Crippen LogP contribution in [0, 0.1) is 0 Å². The summed E-state index contributed by atoms with van der Waals surface area (Å²) in [7, 11) is 0. The van der Waals surface area contributed by atoms with E-state index in [4.69, 9.17) is 0 Å². The maximum Gasteiger partial charge on any atom is 0.248 e. The highest BCUT2D eigenvalue weighted by Crippen LogP contribution is 2.20. The summed E-state index contributed by atoms with van der Waals surface area (Å²) in [5.41, 5.74) is 0. The Morgan fingerprint density at radius 2 is 2.25 bits per heavy atom. The molecule has 0 spiro atoms. The van der Waals surface area contributed by atoms with E-state index in [2.05, 4.69) is 4.18 Å². The van der Waals surface area contributed by atoms with E-state index in [-0.39, 0.29) is 0 Å². The van der Waals surface area contributed by atoms with Crippen molar-refractivity contribution in [2.24, 2.45) is 0 Å². The highest BCUT2D eigenvalue weighted by Gasteiger charge is 2.22. The van der Waals surface area contributed by atoms with Crippen molar-refractivity contribution in [2.45, 2.75) is 0 Å². The van der Waals surface area contributed by atoms with Crippen LogP contribution in [0.15, 0.2) is 11.0 Å². The highest BCUT2D eigenvalue weighted by molar-refractivity contribution is 7.84. The molecule has 0 N–H and O–H groups in total. The summed E-state index contributed by atoms with van der Waals surface area (Å²) in [5.74, 6) is -1.07. The third-order valence-corrected chi connectivity index (χ3v) is 1.50. The molecule has 0 amide bonds. The van der Waals surface area contributed by atoms with Crippen LogP contribution >= 0.6 is 0 Å². The molecule has 0 aromatic heterocycles. The third kappa shape index (κ3) is 0.784. The lowest BCUT2D eigenvalue weighted by Crippen LogP contribution is -1.84. The van der Waals surface area contributed by atoms with Crippen LogP contribution < -0.4 is 0 Å². The van der Waals surface area contributed by atoms with E-state index in [0.29, 0.717) is 0 Å². The highest BCUT2D eigenvalue weighted by atomic mass is 32.2. The van der Waals surface area contributed by atoms with Gasteiger partial charge in [-0.15, -0.1) is 0 Å². The number of rotatable bonds is 0. The Kier molecular flexibility index (Phi) is 1.39. The standard InChI is InChI=1S/C3H2F2O2S/c4-2-1-7-8(6)3(2)5/h1H2. The first-order valence-electron chi connectivity index (χ1n) is 1.81. The van der Waals surface area contributed by atoms with Crippen molar-refractivity contribution in [3.63, 3.8) is 0 Å². The molecule has 1 rings (SSSR count). The molecule has 8 heavy (non-hydrogen) atoms. The molecule has 0 saturated carbocycles. The minimum absolute atomic E-state index is 0.502. The maximum atomic E-state index is 11.8. The SMILES string of the molecule is O=S1OCC(F)=C1F. The van der Waals surface area contributed by atoms with Crippen LogP contribution in [0.5, 0.6) is 0 Å². The topological polar surface area (TPSA) is 26.3 Å². The molecule has 1 aliphatic heterocycles. The zero-order valence-corrected chi connectivity index (χ0v) is 4.50. The Balaban J connectivity index is 2.86. The molecule has 0 aromatic rings. The van der Waals surface area contributed by atoms with E-state index < -0.39 is 28.7 Å². The number of hydrogen-bond donors (Lipinski definition) is 0. The second kappa shape index (κ2) is 1.91. The first-order chi connectivity index (χ1) is 3.72. The van der Waals surface area contributed by atoms with Gasteiger partial charge in [-0.3, -0.25) is 4.18 Å². The molecular weight excluding hydrogens is 138 g/mol. The predicted octanol–water partition coefficient (Wildman–Crippen LogP) is 0.788. The monoisotopic (exact) mass is 140 g/mol. The molecule has 46 valence electrons. The van der Waals surface area contributed by atoms with Crippen molar-refractivity contribution in [3.05, 3.63) is 11.0 Å². The van der Waals surface area contributed by atoms with Crippen molar-refractivity contribution in [2.75, 3.05) is 6.61 Å². The molecule has 0 bridgehead atoms. The van der Waals surface area contributed by atoms with Crippen LogP contribution in [0.2, 0.25) is 0 Å². The summed E-state index contributed by atoms with van der Waals surface area (Å²) in [6.07, 6.45) is 0. The maximum absolute atomic E-state index is 11.8. The van der Waals surface area contributed by atoms with Gasteiger partial charge in [-0.05, 0) is 0 Å². The minimum atomic E-state index is -2.16. The summed E-state index contributed by atoms with van der Waals surface area (Å²) < 4.78 is 37.6. The zero-order chi connectivity index (χ0) is 6.15. The van der Waals surface area contributed by atoms with Gasteiger partial charge in [-0.1, -0.05) is 0 Å².